The van der Waals surface area contributed by atoms with Crippen LogP contribution in [0.1, 0.15) is 11.1 Å². The third-order valence-corrected chi connectivity index (χ3v) is 2.00. The van der Waals surface area contributed by atoms with Crippen LogP contribution in [0.25, 0.3) is 6.08 Å². The summed E-state index contributed by atoms with van der Waals surface area (Å²) >= 11 is 0. The van der Waals surface area contributed by atoms with Crippen LogP contribution in [0.2, 0.25) is 0 Å². The van der Waals surface area contributed by atoms with Crippen molar-refractivity contribution in [1.82, 2.24) is 4.98 Å². The van der Waals surface area contributed by atoms with E-state index in [2.05, 4.69) is 4.98 Å². The van der Waals surface area contributed by atoms with Crippen LogP contribution < -0.4 is 0 Å². The maximum atomic E-state index is 10.9. The van der Waals surface area contributed by atoms with Crippen molar-refractivity contribution >= 4 is 17.8 Å². The van der Waals surface area contributed by atoms with Crippen molar-refractivity contribution in [1.29, 1.82) is 0 Å². The standard InChI is InChI=1S/C9H7NO.C2HF3O2/c11-9-2-1-7-3-4-10-6-8(7)5-9;3-2(4,5)1(6)7/h1-4,6H,5H2;(H,6,7). The van der Waals surface area contributed by atoms with E-state index >= 15 is 0 Å². The Morgan fingerprint density at radius 1 is 1.33 bits per heavy atom. The number of aromatic nitrogens is 1. The van der Waals surface area contributed by atoms with Crippen molar-refractivity contribution in [2.75, 3.05) is 0 Å². The summed E-state index contributed by atoms with van der Waals surface area (Å²) in [6.07, 6.45) is 2.35. The van der Waals surface area contributed by atoms with E-state index in [1.807, 2.05) is 12.1 Å². The predicted octanol–water partition coefficient (Wildman–Crippen LogP) is 1.85. The van der Waals surface area contributed by atoms with Gasteiger partial charge in [0.1, 0.15) is 0 Å². The lowest BCUT2D eigenvalue weighted by Crippen LogP contribution is -2.21. The summed E-state index contributed by atoms with van der Waals surface area (Å²) in [4.78, 5) is 23.8. The van der Waals surface area contributed by atoms with Gasteiger partial charge in [0.15, 0.2) is 5.78 Å². The van der Waals surface area contributed by atoms with Crippen LogP contribution in [-0.4, -0.2) is 28.0 Å². The number of carboxylic acids is 1. The minimum atomic E-state index is -5.08. The minimum Gasteiger partial charge on any atom is -0.475 e. The zero-order valence-electron chi connectivity index (χ0n) is 8.94. The zero-order chi connectivity index (χ0) is 13.8. The number of aliphatic carboxylic acids is 1. The second kappa shape index (κ2) is 5.44. The first-order valence-electron chi connectivity index (χ1n) is 4.74. The van der Waals surface area contributed by atoms with Gasteiger partial charge in [-0.15, -0.1) is 0 Å². The Morgan fingerprint density at radius 3 is 2.50 bits per heavy atom. The molecule has 0 radical (unpaired) electrons. The average Bonchev–Trinajstić information content (AvgIpc) is 2.28. The largest absolute Gasteiger partial charge is 0.490 e. The van der Waals surface area contributed by atoms with Gasteiger partial charge in [0, 0.05) is 18.8 Å². The van der Waals surface area contributed by atoms with Crippen LogP contribution in [0.15, 0.2) is 24.5 Å². The van der Waals surface area contributed by atoms with Gasteiger partial charge in [-0.05, 0) is 23.3 Å². The SMILES string of the molecule is O=C(O)C(F)(F)F.O=C1C=Cc2ccncc2C1. The number of rotatable bonds is 0. The molecule has 0 atom stereocenters. The lowest BCUT2D eigenvalue weighted by Gasteiger charge is -2.06. The molecule has 0 saturated carbocycles. The van der Waals surface area contributed by atoms with Gasteiger partial charge in [0.25, 0.3) is 0 Å². The summed E-state index contributed by atoms with van der Waals surface area (Å²) in [5.74, 6) is -2.60. The maximum Gasteiger partial charge on any atom is 0.490 e. The molecule has 1 aliphatic rings. The van der Waals surface area contributed by atoms with E-state index in [1.54, 1.807) is 18.5 Å². The van der Waals surface area contributed by atoms with Crippen LogP contribution >= 0.6 is 0 Å². The number of halogens is 3. The Labute approximate surface area is 99.8 Å². The summed E-state index contributed by atoms with van der Waals surface area (Å²) in [6, 6.07) is 1.91. The number of ketones is 1. The molecule has 4 nitrogen and oxygen atoms in total. The third-order valence-electron chi connectivity index (χ3n) is 2.00. The zero-order valence-corrected chi connectivity index (χ0v) is 8.94. The molecular formula is C11H8F3NO3. The molecule has 0 bridgehead atoms. The molecule has 2 rings (SSSR count). The molecule has 1 aromatic rings. The number of allylic oxidation sites excluding steroid dienone is 1. The quantitative estimate of drug-likeness (QED) is 0.772. The smallest absolute Gasteiger partial charge is 0.475 e. The van der Waals surface area contributed by atoms with Crippen LogP contribution in [0.5, 0.6) is 0 Å². The fourth-order valence-corrected chi connectivity index (χ4v) is 1.18. The number of alkyl halides is 3. The maximum absolute atomic E-state index is 10.9. The molecule has 96 valence electrons. The van der Waals surface area contributed by atoms with Gasteiger partial charge in [0.05, 0.1) is 0 Å². The molecule has 7 heteroatoms. The summed E-state index contributed by atoms with van der Waals surface area (Å²) in [6.45, 7) is 0. The van der Waals surface area contributed by atoms with Gasteiger partial charge in [-0.25, -0.2) is 4.79 Å². The van der Waals surface area contributed by atoms with Gasteiger partial charge < -0.3 is 5.11 Å². The van der Waals surface area contributed by atoms with Crippen LogP contribution in [-0.2, 0) is 16.0 Å². The molecule has 0 saturated heterocycles. The van der Waals surface area contributed by atoms with Crippen LogP contribution in [0, 0.1) is 0 Å². The monoisotopic (exact) mass is 259 g/mol. The fraction of sp³-hybridized carbons (Fsp3) is 0.182. The van der Waals surface area contributed by atoms with Crippen molar-refractivity contribution in [3.63, 3.8) is 0 Å². The van der Waals surface area contributed by atoms with Crippen molar-refractivity contribution in [3.05, 3.63) is 35.7 Å². The molecule has 1 aromatic heterocycles. The molecule has 0 spiro atoms. The number of carbonyl (C=O) groups is 2. The highest BCUT2D eigenvalue weighted by molar-refractivity contribution is 5.98. The Morgan fingerprint density at radius 2 is 1.94 bits per heavy atom. The van der Waals surface area contributed by atoms with Gasteiger partial charge >= 0.3 is 12.1 Å². The summed E-state index contributed by atoms with van der Waals surface area (Å²) in [5, 5.41) is 7.12. The number of fused-ring (bicyclic) bond motifs is 1. The number of nitrogens with zero attached hydrogens (tertiary/aromatic N) is 1. The van der Waals surface area contributed by atoms with Crippen molar-refractivity contribution in [2.45, 2.75) is 12.6 Å². The minimum absolute atomic E-state index is 0.158. The van der Waals surface area contributed by atoms with Crippen LogP contribution in [0.4, 0.5) is 13.2 Å². The van der Waals surface area contributed by atoms with E-state index in [0.29, 0.717) is 6.42 Å². The second-order valence-corrected chi connectivity index (χ2v) is 3.35. The number of carboxylic acid groups (broad SMARTS) is 1. The van der Waals surface area contributed by atoms with E-state index in [0.717, 1.165) is 11.1 Å². The number of hydrogen-bond donors (Lipinski definition) is 1. The molecule has 1 aliphatic carbocycles. The van der Waals surface area contributed by atoms with Gasteiger partial charge in [-0.3, -0.25) is 9.78 Å². The van der Waals surface area contributed by atoms with Crippen molar-refractivity contribution in [2.24, 2.45) is 0 Å². The highest BCUT2D eigenvalue weighted by Gasteiger charge is 2.38. The summed E-state index contributed by atoms with van der Waals surface area (Å²) in [5.41, 5.74) is 2.14. The first-order chi connectivity index (χ1) is 8.30. The number of pyridine rings is 1. The normalized spacial score (nSPS) is 13.4. The first-order valence-corrected chi connectivity index (χ1v) is 4.74. The van der Waals surface area contributed by atoms with Crippen molar-refractivity contribution < 1.29 is 27.9 Å². The van der Waals surface area contributed by atoms with E-state index < -0.39 is 12.1 Å². The second-order valence-electron chi connectivity index (χ2n) is 3.35. The van der Waals surface area contributed by atoms with Gasteiger partial charge in [0.2, 0.25) is 0 Å². The molecular weight excluding hydrogens is 251 g/mol. The Hall–Kier alpha value is -2.18. The van der Waals surface area contributed by atoms with E-state index in [1.165, 1.54) is 0 Å². The predicted molar refractivity (Wildman–Crippen MR) is 55.7 cm³/mol. The highest BCUT2D eigenvalue weighted by atomic mass is 19.4. The molecule has 18 heavy (non-hydrogen) atoms. The summed E-state index contributed by atoms with van der Waals surface area (Å²) < 4.78 is 31.7. The van der Waals surface area contributed by atoms with E-state index in [9.17, 15) is 18.0 Å². The highest BCUT2D eigenvalue weighted by Crippen LogP contribution is 2.14. The van der Waals surface area contributed by atoms with E-state index in [4.69, 9.17) is 9.90 Å². The lowest BCUT2D eigenvalue weighted by molar-refractivity contribution is -0.192. The lowest BCUT2D eigenvalue weighted by atomic mass is 9.99. The third kappa shape index (κ3) is 4.00. The Bertz CT molecular complexity index is 495. The molecule has 0 aliphatic heterocycles. The molecule has 0 fully saturated rings. The van der Waals surface area contributed by atoms with Gasteiger partial charge in [-0.2, -0.15) is 13.2 Å². The van der Waals surface area contributed by atoms with E-state index in [-0.39, 0.29) is 5.78 Å². The number of hydrogen-bond acceptors (Lipinski definition) is 3. The summed E-state index contributed by atoms with van der Waals surface area (Å²) in [7, 11) is 0. The molecule has 1 heterocycles. The average molecular weight is 259 g/mol. The fourth-order valence-electron chi connectivity index (χ4n) is 1.18. The molecule has 0 amide bonds. The van der Waals surface area contributed by atoms with Crippen LogP contribution in [0.3, 0.4) is 0 Å². The van der Waals surface area contributed by atoms with Gasteiger partial charge in [-0.1, -0.05) is 6.08 Å². The Kier molecular flexibility index (Phi) is 4.19. The molecule has 0 unspecified atom stereocenters. The topological polar surface area (TPSA) is 67.3 Å². The molecule has 1 N–H and O–H groups in total. The van der Waals surface area contributed by atoms with Crippen molar-refractivity contribution in [3.8, 4) is 0 Å². The molecule has 0 aromatic carbocycles. The Balaban J connectivity index is 0.000000203. The first kappa shape index (κ1) is 13.9. The number of carbonyl (C=O) groups excluding carboxylic acids is 1.